The van der Waals surface area contributed by atoms with Crippen molar-refractivity contribution in [1.82, 2.24) is 4.98 Å². The molecule has 10 nitrogen and oxygen atoms in total. The average Bonchev–Trinajstić information content (AvgIpc) is 3.15. The maximum Gasteiger partial charge on any atom is 0.331 e. The van der Waals surface area contributed by atoms with E-state index in [4.69, 9.17) is 13.9 Å². The lowest BCUT2D eigenvalue weighted by Gasteiger charge is -2.14. The number of nitro groups is 1. The van der Waals surface area contributed by atoms with E-state index < -0.39 is 22.9 Å². The number of para-hydroxylation sites is 2. The van der Waals surface area contributed by atoms with Gasteiger partial charge in [-0.2, -0.15) is 0 Å². The van der Waals surface area contributed by atoms with E-state index in [0.29, 0.717) is 11.1 Å². The highest BCUT2D eigenvalue weighted by Gasteiger charge is 2.20. The lowest BCUT2D eigenvalue weighted by Crippen LogP contribution is -2.29. The number of rotatable bonds is 7. The predicted molar refractivity (Wildman–Crippen MR) is 107 cm³/mol. The Bertz CT molecular complexity index is 1100. The topological polar surface area (TPSA) is 134 Å². The number of nitrogens with one attached hydrogen (secondary N) is 1. The Morgan fingerprint density at radius 3 is 2.73 bits per heavy atom. The predicted octanol–water partition coefficient (Wildman–Crippen LogP) is 3.33. The van der Waals surface area contributed by atoms with Crippen LogP contribution in [0.5, 0.6) is 5.75 Å². The number of carbonyl (C=O) groups is 2. The minimum Gasteiger partial charge on any atom is -0.495 e. The zero-order valence-electron chi connectivity index (χ0n) is 16.0. The van der Waals surface area contributed by atoms with Gasteiger partial charge in [-0.25, -0.2) is 9.78 Å². The molecule has 30 heavy (non-hydrogen) atoms. The molecule has 154 valence electrons. The standard InChI is InChI=1S/C20H17N3O7/c1-12(20(25)22-15-11-13(23(26)27)7-8-16(15)28-2)29-19(24)10-9-18-21-14-5-3-4-6-17(14)30-18/h3-12H,1-2H3,(H,22,25)/b10-9+/t12-/m0/s1. The van der Waals surface area contributed by atoms with Gasteiger partial charge < -0.3 is 19.2 Å². The van der Waals surface area contributed by atoms with E-state index in [1.807, 2.05) is 6.07 Å². The second-order valence-corrected chi connectivity index (χ2v) is 6.06. The maximum absolute atomic E-state index is 12.3. The number of hydrogen-bond donors (Lipinski definition) is 1. The Hall–Kier alpha value is -4.21. The first-order chi connectivity index (χ1) is 14.4. The van der Waals surface area contributed by atoms with Gasteiger partial charge in [-0.3, -0.25) is 14.9 Å². The summed E-state index contributed by atoms with van der Waals surface area (Å²) in [6.45, 7) is 1.37. The van der Waals surface area contributed by atoms with Crippen LogP contribution >= 0.6 is 0 Å². The van der Waals surface area contributed by atoms with Gasteiger partial charge in [-0.15, -0.1) is 0 Å². The van der Waals surface area contributed by atoms with Gasteiger partial charge in [-0.1, -0.05) is 12.1 Å². The largest absolute Gasteiger partial charge is 0.495 e. The molecule has 0 aliphatic rings. The molecule has 0 fully saturated rings. The SMILES string of the molecule is COc1ccc([N+](=O)[O-])cc1NC(=O)[C@H](C)OC(=O)/C=C/c1nc2ccccc2o1. The van der Waals surface area contributed by atoms with Crippen molar-refractivity contribution in [2.45, 2.75) is 13.0 Å². The number of carbonyl (C=O) groups excluding carboxylic acids is 2. The smallest absolute Gasteiger partial charge is 0.331 e. The van der Waals surface area contributed by atoms with Crippen LogP contribution in [0.25, 0.3) is 17.2 Å². The van der Waals surface area contributed by atoms with Crippen LogP contribution in [0, 0.1) is 10.1 Å². The maximum atomic E-state index is 12.3. The van der Waals surface area contributed by atoms with Crippen LogP contribution in [-0.2, 0) is 14.3 Å². The number of nitro benzene ring substituents is 1. The zero-order chi connectivity index (χ0) is 21.7. The molecule has 10 heteroatoms. The van der Waals surface area contributed by atoms with Gasteiger partial charge in [0.2, 0.25) is 5.89 Å². The molecule has 2 aromatic carbocycles. The zero-order valence-corrected chi connectivity index (χ0v) is 16.0. The van der Waals surface area contributed by atoms with Gasteiger partial charge in [0.15, 0.2) is 11.7 Å². The van der Waals surface area contributed by atoms with E-state index in [2.05, 4.69) is 10.3 Å². The number of benzene rings is 2. The lowest BCUT2D eigenvalue weighted by molar-refractivity contribution is -0.384. The number of ether oxygens (including phenoxy) is 2. The molecular formula is C20H17N3O7. The number of nitrogens with zero attached hydrogens (tertiary/aromatic N) is 2. The molecule has 1 heterocycles. The van der Waals surface area contributed by atoms with Gasteiger partial charge >= 0.3 is 5.97 Å². The van der Waals surface area contributed by atoms with Crippen molar-refractivity contribution >= 4 is 40.4 Å². The number of fused-ring (bicyclic) bond motifs is 1. The molecule has 0 aliphatic heterocycles. The molecule has 3 aromatic rings. The number of anilines is 1. The summed E-state index contributed by atoms with van der Waals surface area (Å²) < 4.78 is 15.6. The molecule has 0 spiro atoms. The van der Waals surface area contributed by atoms with Crippen molar-refractivity contribution in [2.24, 2.45) is 0 Å². The molecule has 1 amide bonds. The first-order valence-electron chi connectivity index (χ1n) is 8.75. The monoisotopic (exact) mass is 411 g/mol. The van der Waals surface area contributed by atoms with Gasteiger partial charge in [0, 0.05) is 24.3 Å². The summed E-state index contributed by atoms with van der Waals surface area (Å²) in [6.07, 6.45) is 1.24. The molecule has 1 N–H and O–H groups in total. The van der Waals surface area contributed by atoms with Gasteiger partial charge in [0.25, 0.3) is 11.6 Å². The fourth-order valence-corrected chi connectivity index (χ4v) is 2.51. The highest BCUT2D eigenvalue weighted by molar-refractivity contribution is 5.97. The van der Waals surface area contributed by atoms with Crippen molar-refractivity contribution in [3.8, 4) is 5.75 Å². The molecule has 0 aliphatic carbocycles. The Morgan fingerprint density at radius 2 is 2.03 bits per heavy atom. The van der Waals surface area contributed by atoms with Crippen LogP contribution in [0.4, 0.5) is 11.4 Å². The Kier molecular flexibility index (Phi) is 6.06. The van der Waals surface area contributed by atoms with Crippen molar-refractivity contribution in [3.05, 3.63) is 64.5 Å². The van der Waals surface area contributed by atoms with Crippen LogP contribution in [0.15, 0.2) is 53.0 Å². The van der Waals surface area contributed by atoms with E-state index in [9.17, 15) is 19.7 Å². The molecule has 0 saturated heterocycles. The number of aromatic nitrogens is 1. The van der Waals surface area contributed by atoms with Crippen LogP contribution in [0.3, 0.4) is 0 Å². The van der Waals surface area contributed by atoms with Crippen molar-refractivity contribution < 1.29 is 28.4 Å². The highest BCUT2D eigenvalue weighted by Crippen LogP contribution is 2.29. The fourth-order valence-electron chi connectivity index (χ4n) is 2.51. The van der Waals surface area contributed by atoms with Crippen LogP contribution in [-0.4, -0.2) is 35.0 Å². The molecule has 0 bridgehead atoms. The average molecular weight is 411 g/mol. The van der Waals surface area contributed by atoms with Crippen molar-refractivity contribution in [1.29, 1.82) is 0 Å². The molecule has 1 atom stereocenters. The van der Waals surface area contributed by atoms with Crippen LogP contribution in [0.2, 0.25) is 0 Å². The molecule has 3 rings (SSSR count). The first kappa shape index (κ1) is 20.5. The van der Waals surface area contributed by atoms with Gasteiger partial charge in [0.1, 0.15) is 11.3 Å². The normalized spacial score (nSPS) is 11.9. The molecule has 0 unspecified atom stereocenters. The van der Waals surface area contributed by atoms with Gasteiger partial charge in [-0.05, 0) is 25.1 Å². The number of methoxy groups -OCH3 is 1. The second kappa shape index (κ2) is 8.86. The third kappa shape index (κ3) is 4.79. The van der Waals surface area contributed by atoms with E-state index >= 15 is 0 Å². The number of oxazole rings is 1. The van der Waals surface area contributed by atoms with E-state index in [1.165, 1.54) is 32.2 Å². The van der Waals surface area contributed by atoms with Crippen LogP contribution in [0.1, 0.15) is 12.8 Å². The summed E-state index contributed by atoms with van der Waals surface area (Å²) in [4.78, 5) is 38.8. The van der Waals surface area contributed by atoms with E-state index in [1.54, 1.807) is 18.2 Å². The van der Waals surface area contributed by atoms with Gasteiger partial charge in [0.05, 0.1) is 17.7 Å². The second-order valence-electron chi connectivity index (χ2n) is 6.06. The molecule has 0 saturated carbocycles. The molecule has 1 aromatic heterocycles. The van der Waals surface area contributed by atoms with E-state index in [-0.39, 0.29) is 23.0 Å². The highest BCUT2D eigenvalue weighted by atomic mass is 16.6. The number of non-ortho nitro benzene ring substituents is 1. The van der Waals surface area contributed by atoms with Crippen molar-refractivity contribution in [2.75, 3.05) is 12.4 Å². The summed E-state index contributed by atoms with van der Waals surface area (Å²) in [6, 6.07) is 10.9. The fraction of sp³-hybridized carbons (Fsp3) is 0.150. The number of amides is 1. The minimum absolute atomic E-state index is 0.0848. The Morgan fingerprint density at radius 1 is 1.27 bits per heavy atom. The summed E-state index contributed by atoms with van der Waals surface area (Å²) >= 11 is 0. The number of hydrogen-bond acceptors (Lipinski definition) is 8. The minimum atomic E-state index is -1.17. The summed E-state index contributed by atoms with van der Waals surface area (Å²) in [5.41, 5.74) is 1.08. The first-order valence-corrected chi connectivity index (χ1v) is 8.75. The number of esters is 1. The summed E-state index contributed by atoms with van der Waals surface area (Å²) in [7, 11) is 1.36. The Balaban J connectivity index is 1.63. The molecular weight excluding hydrogens is 394 g/mol. The summed E-state index contributed by atoms with van der Waals surface area (Å²) in [5.74, 6) is -1.03. The quantitative estimate of drug-likeness (QED) is 0.271. The molecule has 0 radical (unpaired) electrons. The lowest BCUT2D eigenvalue weighted by atomic mass is 10.2. The third-order valence-corrected chi connectivity index (χ3v) is 3.99. The van der Waals surface area contributed by atoms with Crippen molar-refractivity contribution in [3.63, 3.8) is 0 Å². The summed E-state index contributed by atoms with van der Waals surface area (Å²) in [5, 5.41) is 13.4. The van der Waals surface area contributed by atoms with Crippen LogP contribution < -0.4 is 10.1 Å². The Labute approximate surface area is 170 Å². The third-order valence-electron chi connectivity index (χ3n) is 3.99. The van der Waals surface area contributed by atoms with E-state index in [0.717, 1.165) is 12.1 Å².